The predicted molar refractivity (Wildman–Crippen MR) is 132 cm³/mol. The van der Waals surface area contributed by atoms with E-state index in [0.717, 1.165) is 54.2 Å². The molecule has 3 aromatic rings. The van der Waals surface area contributed by atoms with Crippen LogP contribution in [-0.2, 0) is 24.4 Å². The first-order valence-electron chi connectivity index (χ1n) is 11.4. The van der Waals surface area contributed by atoms with Crippen LogP contribution in [0.5, 0.6) is 5.75 Å². The number of aliphatic hydroxyl groups excluding tert-OH is 1. The maximum Gasteiger partial charge on any atom is 0.307 e. The Kier molecular flexibility index (Phi) is 8.19. The number of rotatable bonds is 9. The second kappa shape index (κ2) is 11.5. The minimum absolute atomic E-state index is 0.0263. The summed E-state index contributed by atoms with van der Waals surface area (Å²) in [4.78, 5) is 15.6. The number of piperazine rings is 1. The summed E-state index contributed by atoms with van der Waals surface area (Å²) in [6.07, 6.45) is -0.637. The smallest absolute Gasteiger partial charge is 0.307 e. The van der Waals surface area contributed by atoms with Gasteiger partial charge in [0, 0.05) is 43.3 Å². The summed E-state index contributed by atoms with van der Waals surface area (Å²) in [6, 6.07) is 22.8. The Balaban J connectivity index is 1.42. The number of carboxylic acids is 1. The van der Waals surface area contributed by atoms with Gasteiger partial charge < -0.3 is 14.9 Å². The molecule has 4 rings (SSSR count). The molecule has 1 fully saturated rings. The number of hydrogen-bond acceptors (Lipinski definition) is 5. The van der Waals surface area contributed by atoms with E-state index in [2.05, 4.69) is 9.80 Å². The summed E-state index contributed by atoms with van der Waals surface area (Å²) in [5, 5.41) is 20.6. The highest BCUT2D eigenvalue weighted by molar-refractivity contribution is 6.30. The van der Waals surface area contributed by atoms with Crippen molar-refractivity contribution in [3.8, 4) is 5.75 Å². The zero-order valence-electron chi connectivity index (χ0n) is 18.9. The first-order valence-corrected chi connectivity index (χ1v) is 11.8. The van der Waals surface area contributed by atoms with Crippen molar-refractivity contribution >= 4 is 17.6 Å². The highest BCUT2D eigenvalue weighted by atomic mass is 35.5. The van der Waals surface area contributed by atoms with Crippen molar-refractivity contribution in [2.75, 3.05) is 26.2 Å². The van der Waals surface area contributed by atoms with Gasteiger partial charge in [-0.1, -0.05) is 66.2 Å². The van der Waals surface area contributed by atoms with Crippen molar-refractivity contribution in [1.29, 1.82) is 0 Å². The van der Waals surface area contributed by atoms with Crippen LogP contribution >= 0.6 is 11.6 Å². The SMILES string of the molecule is O=C(O)Cc1ccc(OCc2ccc(Cl)cc2)c(CN2CCN(C(O)c3ccccc3)CC2)c1. The molecule has 3 aromatic carbocycles. The van der Waals surface area contributed by atoms with Crippen LogP contribution in [0.4, 0.5) is 0 Å². The molecule has 1 atom stereocenters. The fraction of sp³-hybridized carbons (Fsp3) is 0.296. The van der Waals surface area contributed by atoms with Crippen LogP contribution in [0.2, 0.25) is 5.02 Å². The predicted octanol–water partition coefficient (Wildman–Crippen LogP) is 4.35. The quantitative estimate of drug-likeness (QED) is 0.474. The third-order valence-electron chi connectivity index (χ3n) is 6.03. The molecule has 0 aromatic heterocycles. The normalized spacial score (nSPS) is 15.7. The van der Waals surface area contributed by atoms with Gasteiger partial charge in [0.2, 0.25) is 0 Å². The Morgan fingerprint density at radius 3 is 2.29 bits per heavy atom. The topological polar surface area (TPSA) is 73.2 Å². The molecule has 178 valence electrons. The Bertz CT molecular complexity index is 1080. The van der Waals surface area contributed by atoms with Gasteiger partial charge in [-0.25, -0.2) is 0 Å². The number of halogens is 1. The fourth-order valence-corrected chi connectivity index (χ4v) is 4.29. The van der Waals surface area contributed by atoms with Crippen molar-refractivity contribution < 1.29 is 19.7 Å². The molecule has 0 spiro atoms. The first-order chi connectivity index (χ1) is 16.5. The Morgan fingerprint density at radius 2 is 1.62 bits per heavy atom. The molecular weight excluding hydrogens is 452 g/mol. The molecule has 1 aliphatic heterocycles. The van der Waals surface area contributed by atoms with Crippen LogP contribution in [0.15, 0.2) is 72.8 Å². The van der Waals surface area contributed by atoms with E-state index >= 15 is 0 Å². The van der Waals surface area contributed by atoms with E-state index in [4.69, 9.17) is 16.3 Å². The van der Waals surface area contributed by atoms with Crippen molar-refractivity contribution in [2.24, 2.45) is 0 Å². The van der Waals surface area contributed by atoms with E-state index < -0.39 is 12.2 Å². The molecule has 0 amide bonds. The van der Waals surface area contributed by atoms with E-state index in [9.17, 15) is 15.0 Å². The first kappa shape index (κ1) is 24.2. The molecule has 1 aliphatic rings. The van der Waals surface area contributed by atoms with Gasteiger partial charge in [-0.05, 0) is 34.9 Å². The fourth-order valence-electron chi connectivity index (χ4n) is 4.17. The van der Waals surface area contributed by atoms with Crippen LogP contribution in [0, 0.1) is 0 Å². The number of aliphatic hydroxyl groups is 1. The summed E-state index contributed by atoms with van der Waals surface area (Å²) < 4.78 is 6.11. The Labute approximate surface area is 205 Å². The number of nitrogens with zero attached hydrogens (tertiary/aromatic N) is 2. The second-order valence-corrected chi connectivity index (χ2v) is 8.96. The number of benzene rings is 3. The molecular formula is C27H29ClN2O4. The van der Waals surface area contributed by atoms with E-state index in [0.29, 0.717) is 18.2 Å². The maximum absolute atomic E-state index is 11.2. The van der Waals surface area contributed by atoms with Crippen molar-refractivity contribution in [1.82, 2.24) is 9.80 Å². The number of carboxylic acid groups (broad SMARTS) is 1. The monoisotopic (exact) mass is 480 g/mol. The Morgan fingerprint density at radius 1 is 0.941 bits per heavy atom. The molecule has 1 heterocycles. The molecule has 7 heteroatoms. The van der Waals surface area contributed by atoms with Gasteiger partial charge in [0.1, 0.15) is 18.6 Å². The lowest BCUT2D eigenvalue weighted by Gasteiger charge is -2.37. The molecule has 0 aliphatic carbocycles. The summed E-state index contributed by atoms with van der Waals surface area (Å²) in [7, 11) is 0. The largest absolute Gasteiger partial charge is 0.489 e. The summed E-state index contributed by atoms with van der Waals surface area (Å²) in [5.74, 6) is -0.111. The third-order valence-corrected chi connectivity index (χ3v) is 6.28. The Hall–Kier alpha value is -2.90. The van der Waals surface area contributed by atoms with Gasteiger partial charge in [0.15, 0.2) is 0 Å². The highest BCUT2D eigenvalue weighted by Crippen LogP contribution is 2.26. The molecule has 6 nitrogen and oxygen atoms in total. The van der Waals surface area contributed by atoms with E-state index in [-0.39, 0.29) is 6.42 Å². The molecule has 0 radical (unpaired) electrons. The lowest BCUT2D eigenvalue weighted by Crippen LogP contribution is -2.47. The standard InChI is InChI=1S/C27H29ClN2O4/c28-24-9-6-20(7-10-24)19-34-25-11-8-21(17-26(31)32)16-23(25)18-29-12-14-30(15-13-29)27(33)22-4-2-1-3-5-22/h1-11,16,27,33H,12-15,17-19H2,(H,31,32). The van der Waals surface area contributed by atoms with Gasteiger partial charge in [-0.15, -0.1) is 0 Å². The van der Waals surface area contributed by atoms with Crippen LogP contribution in [0.25, 0.3) is 0 Å². The number of aliphatic carboxylic acids is 1. The second-order valence-electron chi connectivity index (χ2n) is 8.52. The van der Waals surface area contributed by atoms with Crippen LogP contribution in [0.1, 0.15) is 28.5 Å². The molecule has 1 saturated heterocycles. The molecule has 2 N–H and O–H groups in total. The third kappa shape index (κ3) is 6.58. The number of ether oxygens (including phenoxy) is 1. The maximum atomic E-state index is 11.2. The average molecular weight is 481 g/mol. The van der Waals surface area contributed by atoms with Gasteiger partial charge in [0.05, 0.1) is 6.42 Å². The lowest BCUT2D eigenvalue weighted by atomic mass is 10.1. The van der Waals surface area contributed by atoms with E-state index in [1.165, 1.54) is 0 Å². The van der Waals surface area contributed by atoms with Crippen LogP contribution in [0.3, 0.4) is 0 Å². The molecule has 34 heavy (non-hydrogen) atoms. The average Bonchev–Trinajstić information content (AvgIpc) is 2.85. The van der Waals surface area contributed by atoms with Crippen molar-refractivity contribution in [3.05, 3.63) is 100 Å². The number of carbonyl (C=O) groups is 1. The highest BCUT2D eigenvalue weighted by Gasteiger charge is 2.24. The molecule has 0 bridgehead atoms. The minimum Gasteiger partial charge on any atom is -0.489 e. The van der Waals surface area contributed by atoms with Crippen molar-refractivity contribution in [2.45, 2.75) is 25.8 Å². The van der Waals surface area contributed by atoms with E-state index in [1.54, 1.807) is 0 Å². The van der Waals surface area contributed by atoms with Gasteiger partial charge in [-0.3, -0.25) is 14.6 Å². The lowest BCUT2D eigenvalue weighted by molar-refractivity contribution is -0.136. The summed E-state index contributed by atoms with van der Waals surface area (Å²) in [5.41, 5.74) is 3.62. The van der Waals surface area contributed by atoms with Crippen LogP contribution < -0.4 is 4.74 Å². The van der Waals surface area contributed by atoms with Gasteiger partial charge in [-0.2, -0.15) is 0 Å². The number of hydrogen-bond donors (Lipinski definition) is 2. The van der Waals surface area contributed by atoms with E-state index in [1.807, 2.05) is 72.8 Å². The van der Waals surface area contributed by atoms with Crippen molar-refractivity contribution in [3.63, 3.8) is 0 Å². The summed E-state index contributed by atoms with van der Waals surface area (Å²) >= 11 is 5.97. The zero-order chi connectivity index (χ0) is 23.9. The minimum atomic E-state index is -0.857. The molecule has 0 saturated carbocycles. The zero-order valence-corrected chi connectivity index (χ0v) is 19.7. The molecule has 1 unspecified atom stereocenters. The van der Waals surface area contributed by atoms with Gasteiger partial charge in [0.25, 0.3) is 0 Å². The van der Waals surface area contributed by atoms with Crippen LogP contribution in [-0.4, -0.2) is 52.2 Å². The van der Waals surface area contributed by atoms with Gasteiger partial charge >= 0.3 is 5.97 Å². The summed E-state index contributed by atoms with van der Waals surface area (Å²) in [6.45, 7) is 4.13.